The molecule has 10 heteroatoms. The molecule has 0 radical (unpaired) electrons. The fraction of sp³-hybridized carbons (Fsp3) is 0.559. The van der Waals surface area contributed by atoms with Crippen LogP contribution in [0.1, 0.15) is 56.2 Å². The Bertz CT molecular complexity index is 1660. The molecule has 1 spiro atoms. The molecule has 232 valence electrons. The molecule has 1 aromatic heterocycles. The summed E-state index contributed by atoms with van der Waals surface area (Å²) in [6.07, 6.45) is 6.94. The Labute approximate surface area is 261 Å². The predicted molar refractivity (Wildman–Crippen MR) is 167 cm³/mol. The van der Waals surface area contributed by atoms with Crippen LogP contribution in [0, 0.1) is 5.82 Å². The molecule has 5 fully saturated rings. The number of phenolic OH excluding ortho intramolecular Hbond substituents is 1. The molecule has 2 aromatic carbocycles. The van der Waals surface area contributed by atoms with Gasteiger partial charge in [-0.15, -0.1) is 0 Å². The summed E-state index contributed by atoms with van der Waals surface area (Å²) in [6, 6.07) is 9.49. The SMILES string of the molecule is Oc1cc(N2Cc3nc(OC[C@@]45CCCN4C[C@H](F)C5)cc(N4CC5CCC(C4)N5)c3CC23CC3)c2c(Cl)c(F)ccc2c1. The number of alkyl halides is 1. The van der Waals surface area contributed by atoms with Crippen molar-refractivity contribution >= 4 is 33.7 Å². The number of pyridine rings is 1. The summed E-state index contributed by atoms with van der Waals surface area (Å²) in [5.41, 5.74) is 3.76. The molecule has 44 heavy (non-hydrogen) atoms. The third kappa shape index (κ3) is 4.29. The summed E-state index contributed by atoms with van der Waals surface area (Å²) in [4.78, 5) is 12.2. The van der Waals surface area contributed by atoms with Gasteiger partial charge in [-0.1, -0.05) is 17.7 Å². The average Bonchev–Trinajstić information content (AvgIpc) is 3.37. The van der Waals surface area contributed by atoms with Gasteiger partial charge < -0.3 is 25.0 Å². The van der Waals surface area contributed by atoms with Crippen molar-refractivity contribution in [1.29, 1.82) is 0 Å². The summed E-state index contributed by atoms with van der Waals surface area (Å²) in [6.45, 7) is 4.27. The van der Waals surface area contributed by atoms with Crippen LogP contribution in [-0.4, -0.2) is 77.1 Å². The van der Waals surface area contributed by atoms with Crippen LogP contribution >= 0.6 is 11.6 Å². The van der Waals surface area contributed by atoms with Crippen LogP contribution in [0.3, 0.4) is 0 Å². The maximum Gasteiger partial charge on any atom is 0.215 e. The van der Waals surface area contributed by atoms with E-state index in [2.05, 4.69) is 26.1 Å². The van der Waals surface area contributed by atoms with E-state index in [-0.39, 0.29) is 21.8 Å². The molecule has 6 heterocycles. The molecular formula is C34H38ClF2N5O2. The minimum atomic E-state index is -0.806. The first-order valence-corrected chi connectivity index (χ1v) is 16.6. The van der Waals surface area contributed by atoms with E-state index in [1.165, 1.54) is 30.2 Å². The first kappa shape index (κ1) is 27.4. The minimum Gasteiger partial charge on any atom is -0.508 e. The molecule has 2 N–H and O–H groups in total. The molecule has 7 nitrogen and oxygen atoms in total. The van der Waals surface area contributed by atoms with Gasteiger partial charge >= 0.3 is 0 Å². The molecule has 9 rings (SSSR count). The summed E-state index contributed by atoms with van der Waals surface area (Å²) in [7, 11) is 0. The zero-order valence-corrected chi connectivity index (χ0v) is 25.6. The van der Waals surface area contributed by atoms with Crippen molar-refractivity contribution in [1.82, 2.24) is 15.2 Å². The molecule has 0 amide bonds. The Morgan fingerprint density at radius 1 is 1.07 bits per heavy atom. The van der Waals surface area contributed by atoms with E-state index in [0.29, 0.717) is 54.9 Å². The van der Waals surface area contributed by atoms with Crippen molar-refractivity contribution in [3.05, 3.63) is 52.4 Å². The third-order valence-electron chi connectivity index (χ3n) is 11.4. The van der Waals surface area contributed by atoms with Gasteiger partial charge in [-0.2, -0.15) is 0 Å². The number of aromatic hydroxyl groups is 1. The van der Waals surface area contributed by atoms with E-state index in [4.69, 9.17) is 21.3 Å². The highest BCUT2D eigenvalue weighted by molar-refractivity contribution is 6.37. The molecule has 6 aliphatic rings. The molecule has 2 bridgehead atoms. The lowest BCUT2D eigenvalue weighted by Gasteiger charge is -2.43. The average molecular weight is 622 g/mol. The molecule has 5 aliphatic heterocycles. The Kier molecular flexibility index (Phi) is 6.11. The van der Waals surface area contributed by atoms with Crippen LogP contribution in [0.15, 0.2) is 30.3 Å². The second-order valence-electron chi connectivity index (χ2n) is 14.2. The van der Waals surface area contributed by atoms with Crippen molar-refractivity contribution in [2.75, 3.05) is 42.6 Å². The summed E-state index contributed by atoms with van der Waals surface area (Å²) in [5, 5.41) is 15.9. The summed E-state index contributed by atoms with van der Waals surface area (Å²) >= 11 is 6.60. The Morgan fingerprint density at radius 3 is 2.68 bits per heavy atom. The normalized spacial score (nSPS) is 30.3. The van der Waals surface area contributed by atoms with Crippen LogP contribution in [0.5, 0.6) is 11.6 Å². The number of anilines is 2. The number of aromatic nitrogens is 1. The molecular weight excluding hydrogens is 584 g/mol. The third-order valence-corrected chi connectivity index (χ3v) is 11.8. The number of hydrogen-bond donors (Lipinski definition) is 2. The van der Waals surface area contributed by atoms with Gasteiger partial charge in [0.2, 0.25) is 5.88 Å². The van der Waals surface area contributed by atoms with Gasteiger partial charge in [-0.05, 0) is 69.0 Å². The quantitative estimate of drug-likeness (QED) is 0.378. The fourth-order valence-electron chi connectivity index (χ4n) is 9.16. The zero-order chi connectivity index (χ0) is 29.8. The van der Waals surface area contributed by atoms with Crippen molar-refractivity contribution in [3.8, 4) is 11.6 Å². The highest BCUT2D eigenvalue weighted by atomic mass is 35.5. The summed E-state index contributed by atoms with van der Waals surface area (Å²) in [5.74, 6) is 0.243. The second kappa shape index (κ2) is 9.81. The first-order valence-electron chi connectivity index (χ1n) is 16.2. The zero-order valence-electron chi connectivity index (χ0n) is 24.8. The number of nitrogens with one attached hydrogen (secondary N) is 1. The standard InChI is InChI=1S/C34H38ClF2N5O2/c35-32-26(37)5-2-20-10-24(43)11-29(31(20)32)42-18-27-25(14-33(42)7-8-33)28(40-16-22-3-4-23(17-40)38-22)12-30(39-27)44-19-34-6-1-9-41(34)15-21(36)13-34/h2,5,10-12,21-23,38,43H,1,3-4,6-9,13-19H2/t21-,22?,23?,34+/m1/s1. The molecule has 2 unspecified atom stereocenters. The molecule has 1 aliphatic carbocycles. The molecule has 4 atom stereocenters. The van der Waals surface area contributed by atoms with E-state index in [1.54, 1.807) is 18.2 Å². The van der Waals surface area contributed by atoms with Gasteiger partial charge in [-0.25, -0.2) is 13.8 Å². The van der Waals surface area contributed by atoms with Gasteiger partial charge in [-0.3, -0.25) is 4.90 Å². The lowest BCUT2D eigenvalue weighted by molar-refractivity contribution is 0.110. The van der Waals surface area contributed by atoms with Crippen LogP contribution in [0.2, 0.25) is 5.02 Å². The van der Waals surface area contributed by atoms with Crippen molar-refractivity contribution < 1.29 is 18.6 Å². The second-order valence-corrected chi connectivity index (χ2v) is 14.6. The lowest BCUT2D eigenvalue weighted by atomic mass is 9.91. The number of rotatable bonds is 5. The number of ether oxygens (including phenoxy) is 1. The van der Waals surface area contributed by atoms with E-state index >= 15 is 0 Å². The van der Waals surface area contributed by atoms with Crippen LogP contribution < -0.4 is 19.9 Å². The van der Waals surface area contributed by atoms with E-state index in [0.717, 1.165) is 63.1 Å². The maximum atomic E-state index is 14.8. The number of halogens is 3. The predicted octanol–water partition coefficient (Wildman–Crippen LogP) is 5.72. The van der Waals surface area contributed by atoms with Gasteiger partial charge in [0.05, 0.1) is 28.5 Å². The topological polar surface area (TPSA) is 64.1 Å². The van der Waals surface area contributed by atoms with Gasteiger partial charge in [0, 0.05) is 72.4 Å². The number of piperazine rings is 1. The number of hydrogen-bond acceptors (Lipinski definition) is 7. The van der Waals surface area contributed by atoms with Crippen molar-refractivity contribution in [2.45, 2.75) is 87.2 Å². The van der Waals surface area contributed by atoms with Crippen LogP contribution in [-0.2, 0) is 13.0 Å². The van der Waals surface area contributed by atoms with Gasteiger partial charge in [0.25, 0.3) is 0 Å². The molecule has 1 saturated carbocycles. The van der Waals surface area contributed by atoms with E-state index < -0.39 is 12.0 Å². The van der Waals surface area contributed by atoms with E-state index in [9.17, 15) is 13.9 Å². The number of phenols is 1. The number of fused-ring (bicyclic) bond motifs is 5. The molecule has 3 aromatic rings. The van der Waals surface area contributed by atoms with Crippen molar-refractivity contribution in [3.63, 3.8) is 0 Å². The van der Waals surface area contributed by atoms with Crippen molar-refractivity contribution in [2.24, 2.45) is 0 Å². The maximum absolute atomic E-state index is 14.8. The first-order chi connectivity index (χ1) is 21.3. The van der Waals surface area contributed by atoms with Gasteiger partial charge in [0.1, 0.15) is 24.3 Å². The molecule has 4 saturated heterocycles. The fourth-order valence-corrected chi connectivity index (χ4v) is 9.43. The Hall–Kier alpha value is -2.88. The minimum absolute atomic E-state index is 0.0734. The smallest absolute Gasteiger partial charge is 0.215 e. The van der Waals surface area contributed by atoms with Gasteiger partial charge in [0.15, 0.2) is 0 Å². The van der Waals surface area contributed by atoms with Crippen LogP contribution in [0.4, 0.5) is 20.2 Å². The van der Waals surface area contributed by atoms with E-state index in [1.807, 2.05) is 0 Å². The van der Waals surface area contributed by atoms with Crippen LogP contribution in [0.25, 0.3) is 10.8 Å². The summed E-state index contributed by atoms with van der Waals surface area (Å²) < 4.78 is 35.8. The Balaban J connectivity index is 1.13. The Morgan fingerprint density at radius 2 is 1.89 bits per heavy atom. The lowest BCUT2D eigenvalue weighted by Crippen LogP contribution is -2.52. The number of benzene rings is 2. The highest BCUT2D eigenvalue weighted by Crippen LogP contribution is 2.54. The highest BCUT2D eigenvalue weighted by Gasteiger charge is 2.53. The number of nitrogens with zero attached hydrogens (tertiary/aromatic N) is 4. The largest absolute Gasteiger partial charge is 0.508 e. The monoisotopic (exact) mass is 621 g/mol.